The molecule has 0 unspecified atom stereocenters. The number of hydrogen-bond acceptors (Lipinski definition) is 6. The lowest BCUT2D eigenvalue weighted by atomic mass is 10.2. The summed E-state index contributed by atoms with van der Waals surface area (Å²) >= 11 is 13.0. The van der Waals surface area contributed by atoms with Gasteiger partial charge in [0.1, 0.15) is 11.5 Å². The number of carbonyl (C=O) groups is 2. The number of furan rings is 1. The molecule has 0 atom stereocenters. The third kappa shape index (κ3) is 4.51. The van der Waals surface area contributed by atoms with E-state index < -0.39 is 16.1 Å². The Labute approximate surface area is 190 Å². The van der Waals surface area contributed by atoms with E-state index in [1.807, 2.05) is 0 Å². The maximum absolute atomic E-state index is 12.7. The normalized spacial score (nSPS) is 15.2. The zero-order valence-electron chi connectivity index (χ0n) is 15.6. The molecule has 1 fully saturated rings. The maximum Gasteiger partial charge on any atom is 0.293 e. The SMILES string of the molecule is O=C1S/C(=C/c2ccc(-c3cc(Cl)ccc3Cl)o2)C(=O)N1Cc1ccc([N+](=O)[O-])cc1. The highest BCUT2D eigenvalue weighted by molar-refractivity contribution is 8.18. The van der Waals surface area contributed by atoms with Gasteiger partial charge in [-0.2, -0.15) is 0 Å². The van der Waals surface area contributed by atoms with E-state index in [1.165, 1.54) is 30.3 Å². The van der Waals surface area contributed by atoms with Crippen LogP contribution in [0, 0.1) is 10.1 Å². The van der Waals surface area contributed by atoms with Crippen molar-refractivity contribution < 1.29 is 18.9 Å². The van der Waals surface area contributed by atoms with Crippen LogP contribution in [0.25, 0.3) is 17.4 Å². The van der Waals surface area contributed by atoms with E-state index in [9.17, 15) is 19.7 Å². The van der Waals surface area contributed by atoms with Crippen molar-refractivity contribution in [1.82, 2.24) is 4.90 Å². The molecule has 10 heteroatoms. The van der Waals surface area contributed by atoms with E-state index in [0.717, 1.165) is 16.7 Å². The summed E-state index contributed by atoms with van der Waals surface area (Å²) in [5.74, 6) is 0.392. The number of thioether (sulfide) groups is 1. The minimum atomic E-state index is -0.513. The summed E-state index contributed by atoms with van der Waals surface area (Å²) < 4.78 is 5.76. The van der Waals surface area contributed by atoms with Gasteiger partial charge in [-0.15, -0.1) is 0 Å². The number of halogens is 2. The van der Waals surface area contributed by atoms with Gasteiger partial charge in [-0.05, 0) is 47.7 Å². The van der Waals surface area contributed by atoms with Crippen LogP contribution in [0.3, 0.4) is 0 Å². The zero-order chi connectivity index (χ0) is 22.1. The van der Waals surface area contributed by atoms with Gasteiger partial charge in [-0.1, -0.05) is 35.3 Å². The van der Waals surface area contributed by atoms with Crippen LogP contribution >= 0.6 is 35.0 Å². The summed E-state index contributed by atoms with van der Waals surface area (Å²) in [7, 11) is 0. The number of nitrogens with zero attached hydrogens (tertiary/aromatic N) is 2. The van der Waals surface area contributed by atoms with E-state index in [1.54, 1.807) is 30.3 Å². The zero-order valence-corrected chi connectivity index (χ0v) is 17.9. The first-order valence-corrected chi connectivity index (χ1v) is 10.4. The van der Waals surface area contributed by atoms with Gasteiger partial charge in [0.2, 0.25) is 0 Å². The van der Waals surface area contributed by atoms with Crippen LogP contribution in [0.4, 0.5) is 10.5 Å². The van der Waals surface area contributed by atoms with Crippen molar-refractivity contribution >= 4 is 57.9 Å². The highest BCUT2D eigenvalue weighted by Crippen LogP contribution is 2.36. The molecule has 4 rings (SSSR count). The first kappa shape index (κ1) is 21.2. The molecule has 0 N–H and O–H groups in total. The molecular weight excluding hydrogens is 463 g/mol. The van der Waals surface area contributed by atoms with Crippen LogP contribution in [0.5, 0.6) is 0 Å². The van der Waals surface area contributed by atoms with Gasteiger partial charge < -0.3 is 4.42 Å². The Hall–Kier alpha value is -3.07. The molecule has 1 aliphatic rings. The number of amides is 2. The fraction of sp³-hybridized carbons (Fsp3) is 0.0476. The molecule has 3 aromatic rings. The number of benzene rings is 2. The van der Waals surface area contributed by atoms with Gasteiger partial charge in [0.25, 0.3) is 16.8 Å². The molecule has 0 bridgehead atoms. The molecule has 2 aromatic carbocycles. The van der Waals surface area contributed by atoms with Crippen molar-refractivity contribution in [3.63, 3.8) is 0 Å². The molecular formula is C21H12Cl2N2O5S. The number of hydrogen-bond donors (Lipinski definition) is 0. The minimum absolute atomic E-state index is 0.0154. The van der Waals surface area contributed by atoms with E-state index >= 15 is 0 Å². The number of rotatable bonds is 5. The monoisotopic (exact) mass is 474 g/mol. The number of imide groups is 1. The van der Waals surface area contributed by atoms with Crippen molar-refractivity contribution in [1.29, 1.82) is 0 Å². The molecule has 1 saturated heterocycles. The molecule has 0 aliphatic carbocycles. The molecule has 7 nitrogen and oxygen atoms in total. The van der Waals surface area contributed by atoms with Crippen LogP contribution in [0.1, 0.15) is 11.3 Å². The lowest BCUT2D eigenvalue weighted by molar-refractivity contribution is -0.384. The van der Waals surface area contributed by atoms with E-state index in [2.05, 4.69) is 0 Å². The van der Waals surface area contributed by atoms with Crippen LogP contribution < -0.4 is 0 Å². The third-order valence-electron chi connectivity index (χ3n) is 4.46. The highest BCUT2D eigenvalue weighted by atomic mass is 35.5. The lowest BCUT2D eigenvalue weighted by Gasteiger charge is -2.12. The fourth-order valence-electron chi connectivity index (χ4n) is 2.93. The molecule has 156 valence electrons. The predicted molar refractivity (Wildman–Crippen MR) is 119 cm³/mol. The average molecular weight is 475 g/mol. The second-order valence-corrected chi connectivity index (χ2v) is 8.35. The minimum Gasteiger partial charge on any atom is -0.457 e. The highest BCUT2D eigenvalue weighted by Gasteiger charge is 2.35. The van der Waals surface area contributed by atoms with Crippen molar-refractivity contribution in [2.24, 2.45) is 0 Å². The summed E-state index contributed by atoms with van der Waals surface area (Å²) in [5, 5.41) is 11.3. The number of carbonyl (C=O) groups excluding carboxylic acids is 2. The van der Waals surface area contributed by atoms with E-state index in [0.29, 0.717) is 32.7 Å². The van der Waals surface area contributed by atoms with Crippen LogP contribution in [-0.4, -0.2) is 21.0 Å². The van der Waals surface area contributed by atoms with Gasteiger partial charge >= 0.3 is 0 Å². The molecule has 1 aromatic heterocycles. The van der Waals surface area contributed by atoms with E-state index in [4.69, 9.17) is 27.6 Å². The first-order chi connectivity index (χ1) is 14.8. The number of non-ortho nitro benzene ring substituents is 1. The quantitative estimate of drug-likeness (QED) is 0.241. The Morgan fingerprint density at radius 1 is 1.06 bits per heavy atom. The van der Waals surface area contributed by atoms with Crippen LogP contribution in [-0.2, 0) is 11.3 Å². The van der Waals surface area contributed by atoms with Crippen molar-refractivity contribution in [2.75, 3.05) is 0 Å². The summed E-state index contributed by atoms with van der Waals surface area (Å²) in [6.07, 6.45) is 1.49. The molecule has 0 radical (unpaired) electrons. The standard InChI is InChI=1S/C21H12Cl2N2O5S/c22-13-3-7-17(23)16(9-13)18-8-6-15(30-18)10-19-20(26)24(21(27)31-19)11-12-1-4-14(5-2-12)25(28)29/h1-10H,11H2/b19-10+. The van der Waals surface area contributed by atoms with Gasteiger partial charge in [-0.25, -0.2) is 0 Å². The number of nitro groups is 1. The Balaban J connectivity index is 1.53. The molecule has 0 saturated carbocycles. The molecule has 1 aliphatic heterocycles. The summed E-state index contributed by atoms with van der Waals surface area (Å²) in [4.78, 5) is 36.6. The summed E-state index contributed by atoms with van der Waals surface area (Å²) in [5.41, 5.74) is 1.15. The van der Waals surface area contributed by atoms with Crippen LogP contribution in [0.2, 0.25) is 10.0 Å². The molecule has 0 spiro atoms. The van der Waals surface area contributed by atoms with Crippen molar-refractivity contribution in [3.05, 3.63) is 91.0 Å². The Morgan fingerprint density at radius 2 is 1.81 bits per heavy atom. The van der Waals surface area contributed by atoms with Crippen LogP contribution in [0.15, 0.2) is 63.9 Å². The molecule has 31 heavy (non-hydrogen) atoms. The van der Waals surface area contributed by atoms with Gasteiger partial charge in [-0.3, -0.25) is 24.6 Å². The van der Waals surface area contributed by atoms with Gasteiger partial charge in [0, 0.05) is 28.8 Å². The Kier molecular flexibility index (Phi) is 5.86. The average Bonchev–Trinajstić information content (AvgIpc) is 3.30. The second kappa shape index (κ2) is 8.58. The Bertz CT molecular complexity index is 1240. The van der Waals surface area contributed by atoms with Gasteiger partial charge in [0.15, 0.2) is 0 Å². The largest absolute Gasteiger partial charge is 0.457 e. The maximum atomic E-state index is 12.7. The van der Waals surface area contributed by atoms with E-state index in [-0.39, 0.29) is 17.1 Å². The predicted octanol–water partition coefficient (Wildman–Crippen LogP) is 6.40. The fourth-order valence-corrected chi connectivity index (χ4v) is 4.13. The van der Waals surface area contributed by atoms with Gasteiger partial charge in [0.05, 0.1) is 21.4 Å². The number of nitro benzene ring substituents is 1. The molecule has 2 amide bonds. The van der Waals surface area contributed by atoms with Crippen molar-refractivity contribution in [2.45, 2.75) is 6.54 Å². The smallest absolute Gasteiger partial charge is 0.293 e. The summed E-state index contributed by atoms with van der Waals surface area (Å²) in [6.45, 7) is 0.0154. The second-order valence-electron chi connectivity index (χ2n) is 6.52. The molecule has 2 heterocycles. The third-order valence-corrected chi connectivity index (χ3v) is 5.93. The Morgan fingerprint density at radius 3 is 2.52 bits per heavy atom. The van der Waals surface area contributed by atoms with Crippen molar-refractivity contribution in [3.8, 4) is 11.3 Å². The summed E-state index contributed by atoms with van der Waals surface area (Å²) in [6, 6.07) is 14.0. The lowest BCUT2D eigenvalue weighted by Crippen LogP contribution is -2.27. The topological polar surface area (TPSA) is 93.7 Å². The first-order valence-electron chi connectivity index (χ1n) is 8.86.